The molecule has 4 rings (SSSR count). The highest BCUT2D eigenvalue weighted by Gasteiger charge is 2.33. The fourth-order valence-electron chi connectivity index (χ4n) is 4.47. The van der Waals surface area contributed by atoms with E-state index in [9.17, 15) is 9.59 Å². The molecular weight excluding hydrogens is 346 g/mol. The molecule has 1 aliphatic carbocycles. The molecule has 3 amide bonds. The van der Waals surface area contributed by atoms with Crippen molar-refractivity contribution in [3.63, 3.8) is 0 Å². The summed E-state index contributed by atoms with van der Waals surface area (Å²) in [5.74, 6) is 1.35. The quantitative estimate of drug-likeness (QED) is 0.733. The minimum atomic E-state index is -0.360. The molecule has 0 bridgehead atoms. The summed E-state index contributed by atoms with van der Waals surface area (Å²) in [6, 6.07) is 6.14. The van der Waals surface area contributed by atoms with Crippen molar-refractivity contribution < 1.29 is 24.0 Å². The maximum atomic E-state index is 12.4. The number of quaternary nitrogens is 1. The Morgan fingerprint density at radius 1 is 1.04 bits per heavy atom. The van der Waals surface area contributed by atoms with Crippen LogP contribution < -0.4 is 25.0 Å². The van der Waals surface area contributed by atoms with Crippen LogP contribution >= 0.6 is 0 Å². The number of amides is 3. The average Bonchev–Trinajstić information content (AvgIpc) is 3.33. The summed E-state index contributed by atoms with van der Waals surface area (Å²) in [5.41, 5.74) is 1.16. The molecule has 2 aliphatic heterocycles. The third kappa shape index (κ3) is 4.35. The molecule has 7 nitrogen and oxygen atoms in total. The Kier molecular flexibility index (Phi) is 5.48. The van der Waals surface area contributed by atoms with Gasteiger partial charge in [0.05, 0.1) is 6.54 Å². The van der Waals surface area contributed by atoms with Crippen molar-refractivity contribution in [2.45, 2.75) is 50.6 Å². The van der Waals surface area contributed by atoms with E-state index in [0.717, 1.165) is 62.1 Å². The summed E-state index contributed by atoms with van der Waals surface area (Å²) in [6.07, 6.45) is 6.39. The number of carbonyl (C=O) groups excluding carboxylic acids is 2. The standard InChI is InChI=1S/C20H27N3O4/c24-19(22-20(25)21-15-4-1-2-5-15)13-23-9-3-6-16(23)14-7-8-17-18(12-14)27-11-10-26-17/h7-8,12,15-16H,1-6,9-11,13H2,(H2,21,22,24,25)/p+1/t16-/m0/s1. The summed E-state index contributed by atoms with van der Waals surface area (Å²) in [5, 5.41) is 5.40. The smallest absolute Gasteiger partial charge is 0.321 e. The summed E-state index contributed by atoms with van der Waals surface area (Å²) in [4.78, 5) is 25.6. The van der Waals surface area contributed by atoms with Crippen LogP contribution in [-0.2, 0) is 4.79 Å². The molecule has 0 aromatic heterocycles. The van der Waals surface area contributed by atoms with E-state index in [1.54, 1.807) is 0 Å². The van der Waals surface area contributed by atoms with Crippen molar-refractivity contribution in [3.8, 4) is 11.5 Å². The van der Waals surface area contributed by atoms with E-state index < -0.39 is 0 Å². The Balaban J connectivity index is 1.34. The Morgan fingerprint density at radius 3 is 2.63 bits per heavy atom. The Labute approximate surface area is 159 Å². The van der Waals surface area contributed by atoms with Gasteiger partial charge in [0.1, 0.15) is 19.3 Å². The maximum Gasteiger partial charge on any atom is 0.321 e. The summed E-state index contributed by atoms with van der Waals surface area (Å²) >= 11 is 0. The lowest BCUT2D eigenvalue weighted by Gasteiger charge is -2.24. The number of imide groups is 1. The molecule has 1 aromatic carbocycles. The lowest BCUT2D eigenvalue weighted by atomic mass is 10.0. The fourth-order valence-corrected chi connectivity index (χ4v) is 4.47. The molecule has 1 unspecified atom stereocenters. The third-order valence-corrected chi connectivity index (χ3v) is 5.78. The molecule has 27 heavy (non-hydrogen) atoms. The van der Waals surface area contributed by atoms with E-state index in [-0.39, 0.29) is 24.0 Å². The van der Waals surface area contributed by atoms with Crippen LogP contribution in [0.5, 0.6) is 11.5 Å². The number of ether oxygens (including phenoxy) is 2. The van der Waals surface area contributed by atoms with Gasteiger partial charge in [-0.05, 0) is 31.0 Å². The first-order valence-electron chi connectivity index (χ1n) is 10.0. The molecule has 3 N–H and O–H groups in total. The van der Waals surface area contributed by atoms with Gasteiger partial charge in [-0.15, -0.1) is 0 Å². The summed E-state index contributed by atoms with van der Waals surface area (Å²) < 4.78 is 11.3. The highest BCUT2D eigenvalue weighted by Crippen LogP contribution is 2.33. The van der Waals surface area contributed by atoms with E-state index in [1.807, 2.05) is 12.1 Å². The van der Waals surface area contributed by atoms with Crippen molar-refractivity contribution in [3.05, 3.63) is 23.8 Å². The first-order chi connectivity index (χ1) is 13.2. The van der Waals surface area contributed by atoms with E-state index in [1.165, 1.54) is 4.90 Å². The van der Waals surface area contributed by atoms with Crippen LogP contribution in [0.2, 0.25) is 0 Å². The van der Waals surface area contributed by atoms with E-state index in [0.29, 0.717) is 19.8 Å². The van der Waals surface area contributed by atoms with Crippen LogP contribution in [0.15, 0.2) is 18.2 Å². The molecule has 2 atom stereocenters. The number of hydrogen-bond acceptors (Lipinski definition) is 4. The van der Waals surface area contributed by atoms with Gasteiger partial charge in [-0.25, -0.2) is 4.79 Å². The van der Waals surface area contributed by atoms with Gasteiger partial charge in [-0.3, -0.25) is 10.1 Å². The lowest BCUT2D eigenvalue weighted by molar-refractivity contribution is -0.910. The van der Waals surface area contributed by atoms with Crippen molar-refractivity contribution in [1.82, 2.24) is 10.6 Å². The van der Waals surface area contributed by atoms with Crippen LogP contribution in [0.1, 0.15) is 50.1 Å². The van der Waals surface area contributed by atoms with Gasteiger partial charge in [0, 0.05) is 24.4 Å². The number of carbonyl (C=O) groups is 2. The first kappa shape index (κ1) is 18.1. The Hall–Kier alpha value is -2.28. The normalized spacial score (nSPS) is 24.6. The minimum Gasteiger partial charge on any atom is -0.486 e. The molecule has 2 fully saturated rings. The van der Waals surface area contributed by atoms with Gasteiger partial charge < -0.3 is 19.7 Å². The van der Waals surface area contributed by atoms with Crippen molar-refractivity contribution in [2.24, 2.45) is 0 Å². The van der Waals surface area contributed by atoms with Gasteiger partial charge in [-0.1, -0.05) is 12.8 Å². The fraction of sp³-hybridized carbons (Fsp3) is 0.600. The monoisotopic (exact) mass is 374 g/mol. The molecular formula is C20H28N3O4+. The largest absolute Gasteiger partial charge is 0.486 e. The highest BCUT2D eigenvalue weighted by atomic mass is 16.6. The predicted octanol–water partition coefficient (Wildman–Crippen LogP) is 0.946. The van der Waals surface area contributed by atoms with Gasteiger partial charge in [0.2, 0.25) is 0 Å². The molecule has 2 heterocycles. The van der Waals surface area contributed by atoms with Gasteiger partial charge >= 0.3 is 6.03 Å². The Morgan fingerprint density at radius 2 is 1.81 bits per heavy atom. The summed E-state index contributed by atoms with van der Waals surface area (Å²) in [6.45, 7) is 2.38. The molecule has 3 aliphatic rings. The number of nitrogens with one attached hydrogen (secondary N) is 3. The molecule has 0 radical (unpaired) electrons. The molecule has 1 saturated carbocycles. The zero-order chi connectivity index (χ0) is 18.6. The van der Waals surface area contributed by atoms with E-state index in [4.69, 9.17) is 9.47 Å². The predicted molar refractivity (Wildman–Crippen MR) is 99.0 cm³/mol. The molecule has 0 spiro atoms. The number of rotatable bonds is 4. The molecule has 1 saturated heterocycles. The lowest BCUT2D eigenvalue weighted by Crippen LogP contribution is -3.11. The van der Waals surface area contributed by atoms with Crippen LogP contribution in [-0.4, -0.2) is 44.3 Å². The second-order valence-corrected chi connectivity index (χ2v) is 7.69. The zero-order valence-electron chi connectivity index (χ0n) is 15.6. The third-order valence-electron chi connectivity index (χ3n) is 5.78. The van der Waals surface area contributed by atoms with Gasteiger partial charge in [0.25, 0.3) is 5.91 Å². The molecule has 1 aromatic rings. The van der Waals surface area contributed by atoms with E-state index >= 15 is 0 Å². The van der Waals surface area contributed by atoms with Crippen LogP contribution in [0.25, 0.3) is 0 Å². The maximum absolute atomic E-state index is 12.4. The van der Waals surface area contributed by atoms with Crippen molar-refractivity contribution in [2.75, 3.05) is 26.3 Å². The van der Waals surface area contributed by atoms with Gasteiger partial charge in [-0.2, -0.15) is 0 Å². The summed E-state index contributed by atoms with van der Waals surface area (Å²) in [7, 11) is 0. The van der Waals surface area contributed by atoms with Crippen LogP contribution in [0.4, 0.5) is 4.79 Å². The number of fused-ring (bicyclic) bond motifs is 1. The SMILES string of the molecule is O=C(C[NH+]1CCC[C@H]1c1ccc2c(c1)OCCO2)NC(=O)NC1CCCC1. The zero-order valence-corrected chi connectivity index (χ0v) is 15.6. The van der Waals surface area contributed by atoms with Crippen LogP contribution in [0.3, 0.4) is 0 Å². The second kappa shape index (κ2) is 8.17. The average molecular weight is 374 g/mol. The number of hydrogen-bond donors (Lipinski definition) is 3. The van der Waals surface area contributed by atoms with Crippen molar-refractivity contribution in [1.29, 1.82) is 0 Å². The minimum absolute atomic E-state index is 0.211. The molecule has 146 valence electrons. The molecule has 7 heteroatoms. The topological polar surface area (TPSA) is 81.1 Å². The number of benzene rings is 1. The number of urea groups is 1. The Bertz CT molecular complexity index is 702. The number of likely N-dealkylation sites (tertiary alicyclic amines) is 1. The second-order valence-electron chi connectivity index (χ2n) is 7.69. The van der Waals surface area contributed by atoms with Gasteiger partial charge in [0.15, 0.2) is 18.0 Å². The van der Waals surface area contributed by atoms with Crippen LogP contribution in [0, 0.1) is 0 Å². The van der Waals surface area contributed by atoms with E-state index in [2.05, 4.69) is 16.7 Å². The highest BCUT2D eigenvalue weighted by molar-refractivity contribution is 5.94. The first-order valence-corrected chi connectivity index (χ1v) is 10.0. The van der Waals surface area contributed by atoms with Crippen molar-refractivity contribution >= 4 is 11.9 Å².